The normalized spacial score (nSPS) is 15.7. The Kier molecular flexibility index (Phi) is 3.64. The molecule has 1 saturated carbocycles. The average molecular weight is 221 g/mol. The van der Waals surface area contributed by atoms with Crippen LogP contribution in [0.3, 0.4) is 0 Å². The van der Waals surface area contributed by atoms with Gasteiger partial charge < -0.3 is 5.32 Å². The van der Waals surface area contributed by atoms with Crippen molar-refractivity contribution in [2.24, 2.45) is 0 Å². The molecule has 1 aromatic heterocycles. The highest BCUT2D eigenvalue weighted by Crippen LogP contribution is 2.19. The van der Waals surface area contributed by atoms with Gasteiger partial charge in [-0.2, -0.15) is 5.10 Å². The molecule has 0 saturated heterocycles. The molecule has 1 N–H and O–H groups in total. The molecule has 2 rings (SSSR count). The number of nitrogens with zero attached hydrogens (tertiary/aromatic N) is 2. The number of hydrogen-bond donors (Lipinski definition) is 1. The molecular formula is C13H23N3. The lowest BCUT2D eigenvalue weighted by atomic mass is 10.1. The van der Waals surface area contributed by atoms with Crippen LogP contribution in [0.1, 0.15) is 43.1 Å². The van der Waals surface area contributed by atoms with Crippen molar-refractivity contribution >= 4 is 0 Å². The molecule has 90 valence electrons. The van der Waals surface area contributed by atoms with Crippen LogP contribution >= 0.6 is 0 Å². The van der Waals surface area contributed by atoms with E-state index in [0.29, 0.717) is 0 Å². The van der Waals surface area contributed by atoms with Crippen LogP contribution in [-0.4, -0.2) is 22.4 Å². The number of aryl methyl sites for hydroxylation is 2. The van der Waals surface area contributed by atoms with E-state index in [1.165, 1.54) is 36.2 Å². The lowest BCUT2D eigenvalue weighted by Crippen LogP contribution is -2.18. The zero-order valence-electron chi connectivity index (χ0n) is 10.7. The number of nitrogens with one attached hydrogen (secondary N) is 1. The first-order chi connectivity index (χ1) is 7.72. The van der Waals surface area contributed by atoms with E-state index in [9.17, 15) is 0 Å². The summed E-state index contributed by atoms with van der Waals surface area (Å²) in [4.78, 5) is 0. The highest BCUT2D eigenvalue weighted by Gasteiger charge is 2.19. The van der Waals surface area contributed by atoms with Crippen LogP contribution in [-0.2, 0) is 13.0 Å². The molecule has 0 aliphatic heterocycles. The smallest absolute Gasteiger partial charge is 0.0628 e. The van der Waals surface area contributed by atoms with Gasteiger partial charge in [0, 0.05) is 18.3 Å². The van der Waals surface area contributed by atoms with E-state index in [0.717, 1.165) is 25.6 Å². The van der Waals surface area contributed by atoms with Gasteiger partial charge in [0.2, 0.25) is 0 Å². The van der Waals surface area contributed by atoms with Crippen LogP contribution in [0.2, 0.25) is 0 Å². The van der Waals surface area contributed by atoms with Gasteiger partial charge in [0.25, 0.3) is 0 Å². The Labute approximate surface area is 98.2 Å². The van der Waals surface area contributed by atoms with Gasteiger partial charge in [-0.25, -0.2) is 0 Å². The highest BCUT2D eigenvalue weighted by molar-refractivity contribution is 5.24. The predicted octanol–water partition coefficient (Wildman–Crippen LogP) is 2.20. The minimum Gasteiger partial charge on any atom is -0.314 e. The molecular weight excluding hydrogens is 198 g/mol. The largest absolute Gasteiger partial charge is 0.314 e. The molecule has 1 aromatic rings. The molecule has 1 aliphatic carbocycles. The maximum atomic E-state index is 4.55. The Morgan fingerprint density at radius 3 is 2.69 bits per heavy atom. The third-order valence-corrected chi connectivity index (χ3v) is 3.44. The molecule has 16 heavy (non-hydrogen) atoms. The molecule has 0 atom stereocenters. The van der Waals surface area contributed by atoms with Gasteiger partial charge in [-0.1, -0.05) is 0 Å². The Hall–Kier alpha value is -0.830. The zero-order chi connectivity index (χ0) is 11.5. The van der Waals surface area contributed by atoms with Crippen molar-refractivity contribution in [3.05, 3.63) is 17.0 Å². The SMILES string of the molecule is CCn1nc(C)c(CCCNC2CC2)c1C. The van der Waals surface area contributed by atoms with Crippen LogP contribution in [0.4, 0.5) is 0 Å². The third kappa shape index (κ3) is 2.64. The van der Waals surface area contributed by atoms with Crippen LogP contribution in [0.15, 0.2) is 0 Å². The van der Waals surface area contributed by atoms with Gasteiger partial charge >= 0.3 is 0 Å². The quantitative estimate of drug-likeness (QED) is 0.746. The summed E-state index contributed by atoms with van der Waals surface area (Å²) >= 11 is 0. The lowest BCUT2D eigenvalue weighted by molar-refractivity contribution is 0.629. The van der Waals surface area contributed by atoms with Gasteiger partial charge in [-0.15, -0.1) is 0 Å². The van der Waals surface area contributed by atoms with Gasteiger partial charge in [0.15, 0.2) is 0 Å². The molecule has 0 amide bonds. The monoisotopic (exact) mass is 221 g/mol. The van der Waals surface area contributed by atoms with Crippen molar-refractivity contribution in [1.82, 2.24) is 15.1 Å². The Morgan fingerprint density at radius 1 is 1.38 bits per heavy atom. The molecule has 0 unspecified atom stereocenters. The van der Waals surface area contributed by atoms with Crippen LogP contribution in [0.25, 0.3) is 0 Å². The van der Waals surface area contributed by atoms with Gasteiger partial charge in [0.1, 0.15) is 0 Å². The summed E-state index contributed by atoms with van der Waals surface area (Å²) in [7, 11) is 0. The molecule has 1 heterocycles. The van der Waals surface area contributed by atoms with Crippen molar-refractivity contribution in [2.75, 3.05) is 6.54 Å². The minimum atomic E-state index is 0.834. The molecule has 0 bridgehead atoms. The summed E-state index contributed by atoms with van der Waals surface area (Å²) in [5, 5.41) is 8.11. The van der Waals surface area contributed by atoms with E-state index < -0.39 is 0 Å². The van der Waals surface area contributed by atoms with Gasteiger partial charge in [-0.3, -0.25) is 4.68 Å². The van der Waals surface area contributed by atoms with Gasteiger partial charge in [-0.05, 0) is 58.6 Å². The van der Waals surface area contributed by atoms with Crippen LogP contribution in [0.5, 0.6) is 0 Å². The van der Waals surface area contributed by atoms with Crippen molar-refractivity contribution in [3.63, 3.8) is 0 Å². The van der Waals surface area contributed by atoms with Crippen LogP contribution < -0.4 is 5.32 Å². The Balaban J connectivity index is 1.84. The second kappa shape index (κ2) is 5.00. The second-order valence-electron chi connectivity index (χ2n) is 4.80. The highest BCUT2D eigenvalue weighted by atomic mass is 15.3. The first-order valence-corrected chi connectivity index (χ1v) is 6.48. The third-order valence-electron chi connectivity index (χ3n) is 3.44. The van der Waals surface area contributed by atoms with E-state index in [4.69, 9.17) is 0 Å². The van der Waals surface area contributed by atoms with Crippen molar-refractivity contribution < 1.29 is 0 Å². The van der Waals surface area contributed by atoms with Crippen molar-refractivity contribution in [2.45, 2.75) is 59.0 Å². The second-order valence-corrected chi connectivity index (χ2v) is 4.80. The van der Waals surface area contributed by atoms with E-state index in [1.807, 2.05) is 0 Å². The maximum absolute atomic E-state index is 4.55. The van der Waals surface area contributed by atoms with E-state index in [2.05, 4.69) is 35.9 Å². The molecule has 3 heteroatoms. The summed E-state index contributed by atoms with van der Waals surface area (Å²) in [6, 6.07) is 0.834. The lowest BCUT2D eigenvalue weighted by Gasteiger charge is -2.04. The summed E-state index contributed by atoms with van der Waals surface area (Å²) in [5.74, 6) is 0. The molecule has 0 radical (unpaired) electrons. The molecule has 0 spiro atoms. The maximum Gasteiger partial charge on any atom is 0.0628 e. The molecule has 0 aromatic carbocycles. The number of aromatic nitrogens is 2. The Morgan fingerprint density at radius 2 is 2.12 bits per heavy atom. The van der Waals surface area contributed by atoms with E-state index >= 15 is 0 Å². The fourth-order valence-corrected chi connectivity index (χ4v) is 2.26. The summed E-state index contributed by atoms with van der Waals surface area (Å²) < 4.78 is 2.11. The Bertz CT molecular complexity index is 350. The minimum absolute atomic E-state index is 0.834. The standard InChI is InChI=1S/C13H23N3/c1-4-16-11(3)13(10(2)15-16)6-5-9-14-12-7-8-12/h12,14H,4-9H2,1-3H3. The van der Waals surface area contributed by atoms with Gasteiger partial charge in [0.05, 0.1) is 5.69 Å². The van der Waals surface area contributed by atoms with Crippen molar-refractivity contribution in [1.29, 1.82) is 0 Å². The zero-order valence-corrected chi connectivity index (χ0v) is 10.7. The molecule has 1 aliphatic rings. The fourth-order valence-electron chi connectivity index (χ4n) is 2.26. The summed E-state index contributed by atoms with van der Waals surface area (Å²) in [6.07, 6.45) is 5.16. The fraction of sp³-hybridized carbons (Fsp3) is 0.769. The topological polar surface area (TPSA) is 29.9 Å². The predicted molar refractivity (Wildman–Crippen MR) is 66.7 cm³/mol. The number of hydrogen-bond acceptors (Lipinski definition) is 2. The first-order valence-electron chi connectivity index (χ1n) is 6.48. The molecule has 3 nitrogen and oxygen atoms in total. The average Bonchev–Trinajstić information content (AvgIpc) is 3.04. The summed E-state index contributed by atoms with van der Waals surface area (Å²) in [6.45, 7) is 8.60. The van der Waals surface area contributed by atoms with Crippen molar-refractivity contribution in [3.8, 4) is 0 Å². The van der Waals surface area contributed by atoms with Crippen LogP contribution in [0, 0.1) is 13.8 Å². The van der Waals surface area contributed by atoms with E-state index in [-0.39, 0.29) is 0 Å². The molecule has 1 fully saturated rings. The summed E-state index contributed by atoms with van der Waals surface area (Å²) in [5.41, 5.74) is 4.02. The first kappa shape index (κ1) is 11.6. The van der Waals surface area contributed by atoms with E-state index in [1.54, 1.807) is 0 Å². The number of rotatable bonds is 6.